The molecule has 0 aliphatic heterocycles. The maximum Gasteiger partial charge on any atom is 0.441 e. The summed E-state index contributed by atoms with van der Waals surface area (Å²) < 4.78 is 27.2. The van der Waals surface area contributed by atoms with E-state index in [0.717, 1.165) is 22.9 Å². The number of hydroxylamine groups is 1. The van der Waals surface area contributed by atoms with Gasteiger partial charge < -0.3 is 10.1 Å². The normalized spacial score (nSPS) is 10.9. The number of nitrogens with one attached hydrogen (secondary N) is 1. The van der Waals surface area contributed by atoms with Crippen LogP contribution in [-0.2, 0) is 15.6 Å². The maximum absolute atomic E-state index is 14.9. The first-order valence-corrected chi connectivity index (χ1v) is 11.9. The number of aromatic nitrogens is 1. The fraction of sp³-hybridized carbons (Fsp3) is 0.273. The molecule has 7 nitrogen and oxygen atoms in total. The molecular weight excluding hydrogens is 519 g/mol. The molecule has 0 aliphatic carbocycles. The Bertz CT molecular complexity index is 1070. The number of carbonyl (C=O) groups excluding carboxylic acids is 1. The van der Waals surface area contributed by atoms with E-state index in [4.69, 9.17) is 20.6 Å². The van der Waals surface area contributed by atoms with Crippen molar-refractivity contribution < 1.29 is 18.2 Å². The number of rotatable bonds is 8. The number of halogens is 2. The lowest BCUT2D eigenvalue weighted by Crippen LogP contribution is -2.36. The Morgan fingerprint density at radius 2 is 1.97 bits per heavy atom. The molecule has 3 rings (SSSR count). The Balaban J connectivity index is 0.00000408. The van der Waals surface area contributed by atoms with Crippen molar-refractivity contribution in [3.63, 3.8) is 0 Å². The summed E-state index contributed by atoms with van der Waals surface area (Å²) in [6.45, 7) is 5.74. The van der Waals surface area contributed by atoms with Crippen LogP contribution in [0.5, 0.6) is 0 Å². The molecule has 0 atom stereocenters. The molecule has 0 aliphatic rings. The van der Waals surface area contributed by atoms with Crippen LogP contribution >= 0.6 is 48.7 Å². The molecule has 1 heterocycles. The molecule has 1 N–H and O–H groups in total. The van der Waals surface area contributed by atoms with Gasteiger partial charge in [0.1, 0.15) is 23.6 Å². The highest BCUT2D eigenvalue weighted by Gasteiger charge is 2.27. The first-order chi connectivity index (χ1) is 15.6. The molecular formula is C22H26ClFN4O3S3. The molecule has 34 heavy (non-hydrogen) atoms. The van der Waals surface area contributed by atoms with E-state index in [1.165, 1.54) is 27.8 Å². The number of ether oxygens (including phenoxy) is 1. The van der Waals surface area contributed by atoms with Crippen LogP contribution in [0.2, 0.25) is 5.02 Å². The van der Waals surface area contributed by atoms with Crippen LogP contribution in [0.3, 0.4) is 0 Å². The van der Waals surface area contributed by atoms with Gasteiger partial charge in [0.15, 0.2) is 5.82 Å². The number of thiazole rings is 1. The van der Waals surface area contributed by atoms with Crippen molar-refractivity contribution in [2.24, 2.45) is 0 Å². The highest BCUT2D eigenvalue weighted by atomic mass is 35.5. The molecule has 1 amide bonds. The first kappa shape index (κ1) is 28.1. The van der Waals surface area contributed by atoms with E-state index < -0.39 is 17.5 Å². The molecule has 3 aromatic rings. The third-order valence-electron chi connectivity index (χ3n) is 4.11. The van der Waals surface area contributed by atoms with E-state index in [2.05, 4.69) is 10.3 Å². The van der Waals surface area contributed by atoms with Gasteiger partial charge in [-0.1, -0.05) is 41.9 Å². The largest absolute Gasteiger partial charge is 0.442 e. The maximum atomic E-state index is 14.9. The lowest BCUT2D eigenvalue weighted by atomic mass is 10.2. The number of hydrogen-bond donors (Lipinski definition) is 1. The molecule has 0 radical (unpaired) electrons. The smallest absolute Gasteiger partial charge is 0.441 e. The van der Waals surface area contributed by atoms with Gasteiger partial charge in [0, 0.05) is 25.0 Å². The van der Waals surface area contributed by atoms with E-state index in [9.17, 15) is 9.18 Å². The van der Waals surface area contributed by atoms with Gasteiger partial charge in [-0.2, -0.15) is 17.8 Å². The van der Waals surface area contributed by atoms with Crippen LogP contribution in [0, 0.1) is 5.82 Å². The van der Waals surface area contributed by atoms with Gasteiger partial charge in [0.2, 0.25) is 0 Å². The van der Waals surface area contributed by atoms with E-state index in [0.29, 0.717) is 17.3 Å². The second-order valence-corrected chi connectivity index (χ2v) is 9.86. The predicted octanol–water partition coefficient (Wildman–Crippen LogP) is 7.03. The van der Waals surface area contributed by atoms with Crippen molar-refractivity contribution >= 4 is 71.9 Å². The summed E-state index contributed by atoms with van der Waals surface area (Å²) in [6, 6.07) is 12.5. The van der Waals surface area contributed by atoms with Crippen LogP contribution in [-0.4, -0.2) is 23.7 Å². The molecule has 12 heteroatoms. The highest BCUT2D eigenvalue weighted by molar-refractivity contribution is 7.96. The van der Waals surface area contributed by atoms with Crippen molar-refractivity contribution in [1.82, 2.24) is 4.98 Å². The average molecular weight is 545 g/mol. The van der Waals surface area contributed by atoms with Crippen molar-refractivity contribution in [2.75, 3.05) is 21.7 Å². The molecule has 0 saturated heterocycles. The molecule has 0 saturated carbocycles. The SMILES string of the molecule is CN(SON(C(=O)OC(C)(C)C)c1cscn1)c1cc(Cl)c(NCc2ccccc2)cc1F.S. The summed E-state index contributed by atoms with van der Waals surface area (Å²) in [5, 5.41) is 6.03. The zero-order valence-electron chi connectivity index (χ0n) is 19.0. The summed E-state index contributed by atoms with van der Waals surface area (Å²) in [7, 11) is 1.59. The quantitative estimate of drug-likeness (QED) is 0.185. The van der Waals surface area contributed by atoms with Gasteiger partial charge in [-0.15, -0.1) is 16.4 Å². The van der Waals surface area contributed by atoms with Gasteiger partial charge in [-0.05, 0) is 32.4 Å². The minimum Gasteiger partial charge on any atom is -0.442 e. The van der Waals surface area contributed by atoms with Crippen LogP contribution in [0.25, 0.3) is 0 Å². The van der Waals surface area contributed by atoms with Crippen LogP contribution in [0.15, 0.2) is 53.4 Å². The zero-order chi connectivity index (χ0) is 24.0. The summed E-state index contributed by atoms with van der Waals surface area (Å²) in [5.74, 6) is -0.250. The van der Waals surface area contributed by atoms with Crippen LogP contribution in [0.1, 0.15) is 26.3 Å². The lowest BCUT2D eigenvalue weighted by molar-refractivity contribution is 0.0457. The monoisotopic (exact) mass is 544 g/mol. The van der Waals surface area contributed by atoms with Gasteiger partial charge in [0.25, 0.3) is 0 Å². The second kappa shape index (κ2) is 12.5. The number of carbonyl (C=O) groups is 1. The van der Waals surface area contributed by atoms with Crippen molar-refractivity contribution in [3.8, 4) is 0 Å². The summed E-state index contributed by atoms with van der Waals surface area (Å²) >= 11 is 8.41. The predicted molar refractivity (Wildman–Crippen MR) is 143 cm³/mol. The Morgan fingerprint density at radius 1 is 1.26 bits per heavy atom. The third kappa shape index (κ3) is 7.95. The standard InChI is InChI=1S/C22H24ClFN4O3S2.H2S/c1-22(2,3)30-21(29)28(20-13-32-14-26-20)31-33-27(4)19-10-16(23)18(11-17(19)24)25-12-15-8-6-5-7-9-15;/h5-11,13-14,25H,12H2,1-4H3;1H2. The lowest BCUT2D eigenvalue weighted by Gasteiger charge is -2.26. The highest BCUT2D eigenvalue weighted by Crippen LogP contribution is 2.34. The van der Waals surface area contributed by atoms with Crippen molar-refractivity contribution in [2.45, 2.75) is 32.9 Å². The number of amides is 1. The van der Waals surface area contributed by atoms with Gasteiger partial charge in [-0.3, -0.25) is 4.31 Å². The number of hydrogen-bond acceptors (Lipinski definition) is 8. The molecule has 0 unspecified atom stereocenters. The Kier molecular flexibility index (Phi) is 10.3. The summed E-state index contributed by atoms with van der Waals surface area (Å²) in [6.07, 6.45) is -0.742. The third-order valence-corrected chi connectivity index (χ3v) is 5.63. The molecule has 0 fully saturated rings. The van der Waals surface area contributed by atoms with E-state index in [1.54, 1.807) is 38.7 Å². The molecule has 2 aromatic carbocycles. The Morgan fingerprint density at radius 3 is 2.59 bits per heavy atom. The fourth-order valence-corrected chi connectivity index (χ4v) is 3.86. The first-order valence-electron chi connectivity index (χ1n) is 9.90. The summed E-state index contributed by atoms with van der Waals surface area (Å²) in [4.78, 5) is 16.7. The zero-order valence-corrected chi connectivity index (χ0v) is 22.4. The Hall–Kier alpha value is -2.18. The number of benzene rings is 2. The van der Waals surface area contributed by atoms with Crippen LogP contribution in [0.4, 0.5) is 26.4 Å². The minimum atomic E-state index is -0.742. The molecule has 184 valence electrons. The minimum absolute atomic E-state index is 0. The van der Waals surface area contributed by atoms with Gasteiger partial charge in [0.05, 0.1) is 21.9 Å². The van der Waals surface area contributed by atoms with Crippen LogP contribution < -0.4 is 14.7 Å². The Labute approximate surface area is 219 Å². The topological polar surface area (TPSA) is 66.9 Å². The second-order valence-electron chi connectivity index (χ2n) is 7.89. The molecule has 0 spiro atoms. The van der Waals surface area contributed by atoms with Gasteiger partial charge in [-0.25, -0.2) is 14.2 Å². The fourth-order valence-electron chi connectivity index (χ4n) is 2.60. The van der Waals surface area contributed by atoms with E-state index in [1.807, 2.05) is 30.3 Å². The molecule has 0 bridgehead atoms. The van der Waals surface area contributed by atoms with Crippen molar-refractivity contribution in [1.29, 1.82) is 0 Å². The van der Waals surface area contributed by atoms with E-state index >= 15 is 0 Å². The summed E-state index contributed by atoms with van der Waals surface area (Å²) in [5.41, 5.74) is 2.53. The van der Waals surface area contributed by atoms with Gasteiger partial charge >= 0.3 is 6.09 Å². The number of anilines is 3. The van der Waals surface area contributed by atoms with E-state index in [-0.39, 0.29) is 25.0 Å². The average Bonchev–Trinajstić information content (AvgIpc) is 3.28. The molecule has 1 aromatic heterocycles. The number of nitrogens with zero attached hydrogens (tertiary/aromatic N) is 3. The van der Waals surface area contributed by atoms with Crippen molar-refractivity contribution in [3.05, 3.63) is 69.8 Å².